The third-order valence-electron chi connectivity index (χ3n) is 5.05. The Morgan fingerprint density at radius 2 is 2.00 bits per heavy atom. The van der Waals surface area contributed by atoms with Crippen LogP contribution in [-0.4, -0.2) is 45.0 Å². The van der Waals surface area contributed by atoms with E-state index in [2.05, 4.69) is 14.6 Å². The number of hydrogen-bond acceptors (Lipinski definition) is 5. The van der Waals surface area contributed by atoms with E-state index in [0.717, 1.165) is 38.2 Å². The molecule has 0 saturated carbocycles. The molecule has 0 radical (unpaired) electrons. The van der Waals surface area contributed by atoms with Gasteiger partial charge in [-0.25, -0.2) is 13.1 Å². The largest absolute Gasteiger partial charge is 0.497 e. The lowest BCUT2D eigenvalue weighted by Crippen LogP contribution is -2.38. The highest BCUT2D eigenvalue weighted by atomic mass is 32.2. The van der Waals surface area contributed by atoms with Crippen LogP contribution in [0.2, 0.25) is 0 Å². The van der Waals surface area contributed by atoms with Crippen molar-refractivity contribution in [2.45, 2.75) is 31.2 Å². The molecule has 1 aromatic heterocycles. The molecular weight excluding hydrogens is 362 g/mol. The first-order valence-electron chi connectivity index (χ1n) is 9.24. The van der Waals surface area contributed by atoms with Crippen LogP contribution in [0.4, 0.5) is 0 Å². The number of pyridine rings is 1. The molecule has 0 atom stereocenters. The second-order valence-electron chi connectivity index (χ2n) is 7.02. The first kappa shape index (κ1) is 19.8. The van der Waals surface area contributed by atoms with Crippen LogP contribution >= 0.6 is 0 Å². The summed E-state index contributed by atoms with van der Waals surface area (Å²) in [5.74, 6) is 1.02. The van der Waals surface area contributed by atoms with Gasteiger partial charge in [0, 0.05) is 19.3 Å². The third-order valence-corrected chi connectivity index (χ3v) is 6.64. The third kappa shape index (κ3) is 5.28. The maximum atomic E-state index is 12.6. The smallest absolute Gasteiger partial charge is 0.240 e. The summed E-state index contributed by atoms with van der Waals surface area (Å²) in [7, 11) is -1.94. The molecule has 7 heteroatoms. The Morgan fingerprint density at radius 3 is 2.63 bits per heavy atom. The van der Waals surface area contributed by atoms with Crippen molar-refractivity contribution < 1.29 is 13.2 Å². The summed E-state index contributed by atoms with van der Waals surface area (Å²) < 4.78 is 33.2. The topological polar surface area (TPSA) is 71.5 Å². The molecule has 0 spiro atoms. The normalized spacial score (nSPS) is 16.4. The van der Waals surface area contributed by atoms with Gasteiger partial charge in [0.25, 0.3) is 0 Å². The first-order valence-corrected chi connectivity index (χ1v) is 10.7. The Bertz CT molecular complexity index is 848. The van der Waals surface area contributed by atoms with Crippen molar-refractivity contribution in [3.8, 4) is 5.75 Å². The van der Waals surface area contributed by atoms with Gasteiger partial charge in [-0.05, 0) is 74.7 Å². The van der Waals surface area contributed by atoms with Crippen LogP contribution in [0, 0.1) is 12.8 Å². The number of aromatic nitrogens is 1. The molecule has 27 heavy (non-hydrogen) atoms. The van der Waals surface area contributed by atoms with Gasteiger partial charge in [-0.2, -0.15) is 0 Å². The van der Waals surface area contributed by atoms with Gasteiger partial charge in [-0.3, -0.25) is 9.88 Å². The molecule has 1 N–H and O–H groups in total. The number of piperidine rings is 1. The second-order valence-corrected chi connectivity index (χ2v) is 8.76. The first-order chi connectivity index (χ1) is 13.0. The van der Waals surface area contributed by atoms with Crippen LogP contribution in [0.5, 0.6) is 5.75 Å². The number of methoxy groups -OCH3 is 1. The van der Waals surface area contributed by atoms with Crippen molar-refractivity contribution in [2.75, 3.05) is 26.7 Å². The van der Waals surface area contributed by atoms with Crippen LogP contribution in [0.3, 0.4) is 0 Å². The summed E-state index contributed by atoms with van der Waals surface area (Å²) in [5.41, 5.74) is 1.76. The number of hydrogen-bond donors (Lipinski definition) is 1. The maximum absolute atomic E-state index is 12.6. The van der Waals surface area contributed by atoms with E-state index in [0.29, 0.717) is 28.7 Å². The molecule has 0 amide bonds. The predicted octanol–water partition coefficient (Wildman–Crippen LogP) is 2.59. The highest BCUT2D eigenvalue weighted by Gasteiger charge is 2.23. The minimum atomic E-state index is -3.51. The van der Waals surface area contributed by atoms with Crippen LogP contribution in [0.1, 0.15) is 24.1 Å². The van der Waals surface area contributed by atoms with Crippen molar-refractivity contribution in [3.63, 3.8) is 0 Å². The van der Waals surface area contributed by atoms with E-state index in [1.807, 2.05) is 24.4 Å². The Morgan fingerprint density at radius 1 is 1.22 bits per heavy atom. The summed E-state index contributed by atoms with van der Waals surface area (Å²) in [6.07, 6.45) is 3.78. The Kier molecular flexibility index (Phi) is 6.46. The summed E-state index contributed by atoms with van der Waals surface area (Å²) in [6.45, 7) is 5.04. The van der Waals surface area contributed by atoms with Crippen molar-refractivity contribution >= 4 is 10.0 Å². The van der Waals surface area contributed by atoms with Gasteiger partial charge in [0.05, 0.1) is 17.7 Å². The Hall–Kier alpha value is -1.96. The summed E-state index contributed by atoms with van der Waals surface area (Å²) in [4.78, 5) is 7.06. The number of nitrogens with one attached hydrogen (secondary N) is 1. The zero-order chi connectivity index (χ0) is 19.3. The number of likely N-dealkylation sites (tertiary alicyclic amines) is 1. The highest BCUT2D eigenvalue weighted by Crippen LogP contribution is 2.22. The van der Waals surface area contributed by atoms with Gasteiger partial charge in [0.15, 0.2) is 0 Å². The molecular formula is C20H27N3O3S. The van der Waals surface area contributed by atoms with E-state index in [1.54, 1.807) is 32.2 Å². The predicted molar refractivity (Wildman–Crippen MR) is 105 cm³/mol. The molecule has 146 valence electrons. The van der Waals surface area contributed by atoms with Gasteiger partial charge in [-0.1, -0.05) is 6.07 Å². The molecule has 1 fully saturated rings. The van der Waals surface area contributed by atoms with Gasteiger partial charge in [0.1, 0.15) is 5.75 Å². The van der Waals surface area contributed by atoms with Gasteiger partial charge in [-0.15, -0.1) is 0 Å². The standard InChI is InChI=1S/C20H27N3O3S/c1-16-13-19(26-2)6-7-20(16)27(24,25)22-14-17-8-11-23(12-9-17)15-18-5-3-4-10-21-18/h3-7,10,13,17,22H,8-9,11-12,14-15H2,1-2H3. The lowest BCUT2D eigenvalue weighted by molar-refractivity contribution is 0.177. The Balaban J connectivity index is 1.50. The quantitative estimate of drug-likeness (QED) is 0.788. The van der Waals surface area contributed by atoms with Gasteiger partial charge >= 0.3 is 0 Å². The summed E-state index contributed by atoms with van der Waals surface area (Å²) >= 11 is 0. The molecule has 0 bridgehead atoms. The zero-order valence-corrected chi connectivity index (χ0v) is 16.7. The van der Waals surface area contributed by atoms with Crippen molar-refractivity contribution in [1.82, 2.24) is 14.6 Å². The number of ether oxygens (including phenoxy) is 1. The van der Waals surface area contributed by atoms with Crippen LogP contribution in [-0.2, 0) is 16.6 Å². The van der Waals surface area contributed by atoms with E-state index in [4.69, 9.17) is 4.74 Å². The number of sulfonamides is 1. The van der Waals surface area contributed by atoms with Crippen LogP contribution in [0.25, 0.3) is 0 Å². The minimum Gasteiger partial charge on any atom is -0.497 e. The molecule has 3 rings (SSSR count). The summed E-state index contributed by atoms with van der Waals surface area (Å²) in [5, 5.41) is 0. The lowest BCUT2D eigenvalue weighted by atomic mass is 9.97. The fourth-order valence-electron chi connectivity index (χ4n) is 3.43. The molecule has 1 aromatic carbocycles. The lowest BCUT2D eigenvalue weighted by Gasteiger charge is -2.31. The molecule has 2 aromatic rings. The fourth-order valence-corrected chi connectivity index (χ4v) is 4.77. The summed E-state index contributed by atoms with van der Waals surface area (Å²) in [6, 6.07) is 11.0. The van der Waals surface area contributed by atoms with E-state index < -0.39 is 10.0 Å². The van der Waals surface area contributed by atoms with Gasteiger partial charge in [0.2, 0.25) is 10.0 Å². The van der Waals surface area contributed by atoms with Crippen molar-refractivity contribution in [3.05, 3.63) is 53.9 Å². The maximum Gasteiger partial charge on any atom is 0.240 e. The van der Waals surface area contributed by atoms with Crippen molar-refractivity contribution in [1.29, 1.82) is 0 Å². The number of benzene rings is 1. The molecule has 0 unspecified atom stereocenters. The Labute approximate surface area is 161 Å². The minimum absolute atomic E-state index is 0.316. The molecule has 1 aliphatic rings. The fraction of sp³-hybridized carbons (Fsp3) is 0.450. The molecule has 0 aliphatic carbocycles. The zero-order valence-electron chi connectivity index (χ0n) is 15.9. The van der Waals surface area contributed by atoms with E-state index >= 15 is 0 Å². The SMILES string of the molecule is COc1ccc(S(=O)(=O)NCC2CCN(Cc3ccccn3)CC2)c(C)c1. The molecule has 1 saturated heterocycles. The molecule has 1 aliphatic heterocycles. The molecule has 6 nitrogen and oxygen atoms in total. The van der Waals surface area contributed by atoms with Crippen molar-refractivity contribution in [2.24, 2.45) is 5.92 Å². The van der Waals surface area contributed by atoms with E-state index in [9.17, 15) is 8.42 Å². The molecule has 2 heterocycles. The van der Waals surface area contributed by atoms with E-state index in [1.165, 1.54) is 0 Å². The monoisotopic (exact) mass is 389 g/mol. The average Bonchev–Trinajstić information content (AvgIpc) is 2.68. The average molecular weight is 390 g/mol. The second kappa shape index (κ2) is 8.82. The number of nitrogens with zero attached hydrogens (tertiary/aromatic N) is 2. The van der Waals surface area contributed by atoms with Crippen LogP contribution in [0.15, 0.2) is 47.5 Å². The van der Waals surface area contributed by atoms with E-state index in [-0.39, 0.29) is 0 Å². The van der Waals surface area contributed by atoms with Crippen LogP contribution < -0.4 is 9.46 Å². The highest BCUT2D eigenvalue weighted by molar-refractivity contribution is 7.89. The van der Waals surface area contributed by atoms with Gasteiger partial charge < -0.3 is 4.74 Å². The number of rotatable bonds is 7. The number of aryl methyl sites for hydroxylation is 1.